The van der Waals surface area contributed by atoms with Gasteiger partial charge in [-0.1, -0.05) is 23.7 Å². The first-order valence-electron chi connectivity index (χ1n) is 5.56. The number of alkyl halides is 3. The Bertz CT molecular complexity index is 709. The highest BCUT2D eigenvalue weighted by Crippen LogP contribution is 2.30. The number of carbonyl (C=O) groups excluding carboxylic acids is 1. The second-order valence-corrected chi connectivity index (χ2v) is 4.56. The molecule has 0 fully saturated rings. The van der Waals surface area contributed by atoms with Crippen LogP contribution in [0.25, 0.3) is 0 Å². The van der Waals surface area contributed by atoms with Crippen LogP contribution < -0.4 is 0 Å². The molecular formula is C14H6ClF5O. The third-order valence-corrected chi connectivity index (χ3v) is 3.00. The van der Waals surface area contributed by atoms with Gasteiger partial charge in [0.2, 0.25) is 0 Å². The molecule has 2 aromatic carbocycles. The molecule has 0 heterocycles. The van der Waals surface area contributed by atoms with E-state index in [9.17, 15) is 26.7 Å². The highest BCUT2D eigenvalue weighted by molar-refractivity contribution is 6.30. The molecule has 0 saturated carbocycles. The molecule has 0 aliphatic rings. The van der Waals surface area contributed by atoms with Gasteiger partial charge >= 0.3 is 6.18 Å². The van der Waals surface area contributed by atoms with Gasteiger partial charge in [0.15, 0.2) is 5.78 Å². The Morgan fingerprint density at radius 1 is 1.00 bits per heavy atom. The second-order valence-electron chi connectivity index (χ2n) is 4.15. The summed E-state index contributed by atoms with van der Waals surface area (Å²) in [5.41, 5.74) is -2.13. The first kappa shape index (κ1) is 15.4. The van der Waals surface area contributed by atoms with Crippen molar-refractivity contribution < 1.29 is 26.7 Å². The summed E-state index contributed by atoms with van der Waals surface area (Å²) in [6.45, 7) is 0. The fourth-order valence-electron chi connectivity index (χ4n) is 1.69. The molecular weight excluding hydrogens is 315 g/mol. The number of rotatable bonds is 2. The van der Waals surface area contributed by atoms with Gasteiger partial charge < -0.3 is 0 Å². The van der Waals surface area contributed by atoms with Gasteiger partial charge in [-0.3, -0.25) is 4.79 Å². The van der Waals surface area contributed by atoms with Crippen LogP contribution >= 0.6 is 11.6 Å². The summed E-state index contributed by atoms with van der Waals surface area (Å²) in [5, 5.41) is -0.520. The van der Waals surface area contributed by atoms with E-state index >= 15 is 0 Å². The summed E-state index contributed by atoms with van der Waals surface area (Å²) in [5.74, 6) is -3.20. The van der Waals surface area contributed by atoms with Gasteiger partial charge in [-0.2, -0.15) is 13.2 Å². The zero-order valence-corrected chi connectivity index (χ0v) is 10.9. The predicted octanol–water partition coefficient (Wildman–Crippen LogP) is 4.87. The lowest BCUT2D eigenvalue weighted by molar-refractivity contribution is -0.137. The molecule has 0 aliphatic carbocycles. The fourth-order valence-corrected chi connectivity index (χ4v) is 1.84. The zero-order valence-electron chi connectivity index (χ0n) is 10.1. The van der Waals surface area contributed by atoms with Crippen LogP contribution in [-0.2, 0) is 6.18 Å². The van der Waals surface area contributed by atoms with Crippen molar-refractivity contribution in [3.8, 4) is 0 Å². The van der Waals surface area contributed by atoms with E-state index in [2.05, 4.69) is 0 Å². The first-order chi connectivity index (χ1) is 9.70. The fraction of sp³-hybridized carbons (Fsp3) is 0.0714. The van der Waals surface area contributed by atoms with Crippen molar-refractivity contribution in [2.24, 2.45) is 0 Å². The van der Waals surface area contributed by atoms with Crippen LogP contribution in [0.4, 0.5) is 22.0 Å². The molecule has 110 valence electrons. The number of carbonyl (C=O) groups is 1. The summed E-state index contributed by atoms with van der Waals surface area (Å²) in [6.07, 6.45) is -4.64. The normalized spacial score (nSPS) is 11.5. The van der Waals surface area contributed by atoms with Crippen LogP contribution in [0, 0.1) is 11.6 Å². The smallest absolute Gasteiger partial charge is 0.288 e. The molecule has 0 amide bonds. The first-order valence-corrected chi connectivity index (χ1v) is 5.94. The molecule has 0 aliphatic heterocycles. The van der Waals surface area contributed by atoms with Crippen molar-refractivity contribution in [2.45, 2.75) is 6.18 Å². The van der Waals surface area contributed by atoms with E-state index in [0.29, 0.717) is 18.2 Å². The minimum absolute atomic E-state index is 0.398. The topological polar surface area (TPSA) is 17.1 Å². The third kappa shape index (κ3) is 3.21. The lowest BCUT2D eigenvalue weighted by Gasteiger charge is -2.09. The molecule has 0 atom stereocenters. The van der Waals surface area contributed by atoms with E-state index < -0.39 is 45.3 Å². The molecule has 0 unspecified atom stereocenters. The number of halogens is 6. The molecule has 0 radical (unpaired) electrons. The molecule has 0 saturated heterocycles. The molecule has 0 aromatic heterocycles. The van der Waals surface area contributed by atoms with Crippen molar-refractivity contribution in [3.05, 3.63) is 69.7 Å². The number of hydrogen-bond acceptors (Lipinski definition) is 1. The van der Waals surface area contributed by atoms with E-state index in [1.807, 2.05) is 0 Å². The van der Waals surface area contributed by atoms with E-state index in [1.54, 1.807) is 0 Å². The summed E-state index contributed by atoms with van der Waals surface area (Å²) < 4.78 is 64.6. The standard InChI is InChI=1S/C14H6ClF5O/c15-10-6-11(16)9(5-12(10)17)13(21)7-2-1-3-8(4-7)14(18,19)20/h1-6H. The summed E-state index contributed by atoms with van der Waals surface area (Å²) in [6, 6.07) is 4.60. The zero-order chi connectivity index (χ0) is 15.8. The maximum absolute atomic E-state index is 13.6. The second kappa shape index (κ2) is 5.44. The largest absolute Gasteiger partial charge is 0.416 e. The van der Waals surface area contributed by atoms with Gasteiger partial charge in [0.1, 0.15) is 11.6 Å². The summed E-state index contributed by atoms with van der Waals surface area (Å²) in [4.78, 5) is 12.0. The van der Waals surface area contributed by atoms with Crippen LogP contribution in [0.5, 0.6) is 0 Å². The lowest BCUT2D eigenvalue weighted by atomic mass is 10.0. The van der Waals surface area contributed by atoms with Crippen LogP contribution in [-0.4, -0.2) is 5.78 Å². The van der Waals surface area contributed by atoms with Crippen LogP contribution in [0.2, 0.25) is 5.02 Å². The molecule has 1 nitrogen and oxygen atoms in total. The Balaban J connectivity index is 2.48. The van der Waals surface area contributed by atoms with E-state index in [1.165, 1.54) is 0 Å². The van der Waals surface area contributed by atoms with Gasteiger partial charge in [-0.15, -0.1) is 0 Å². The average Bonchev–Trinajstić information content (AvgIpc) is 2.41. The molecule has 0 spiro atoms. The number of benzene rings is 2. The van der Waals surface area contributed by atoms with Crippen LogP contribution in [0.15, 0.2) is 36.4 Å². The molecule has 0 N–H and O–H groups in total. The molecule has 7 heteroatoms. The van der Waals surface area contributed by atoms with Crippen LogP contribution in [0.3, 0.4) is 0 Å². The molecule has 21 heavy (non-hydrogen) atoms. The highest BCUT2D eigenvalue weighted by Gasteiger charge is 2.31. The Morgan fingerprint density at radius 3 is 2.29 bits per heavy atom. The summed E-state index contributed by atoms with van der Waals surface area (Å²) in [7, 11) is 0. The van der Waals surface area contributed by atoms with Gasteiger partial charge in [-0.25, -0.2) is 8.78 Å². The quantitative estimate of drug-likeness (QED) is 0.438. The maximum Gasteiger partial charge on any atom is 0.416 e. The highest BCUT2D eigenvalue weighted by atomic mass is 35.5. The van der Waals surface area contributed by atoms with Crippen LogP contribution in [0.1, 0.15) is 21.5 Å². The SMILES string of the molecule is O=C(c1cccc(C(F)(F)F)c1)c1cc(F)c(Cl)cc1F. The summed E-state index contributed by atoms with van der Waals surface area (Å²) >= 11 is 5.35. The molecule has 0 bridgehead atoms. The third-order valence-electron chi connectivity index (χ3n) is 2.71. The molecule has 2 rings (SSSR count). The van der Waals surface area contributed by atoms with E-state index in [0.717, 1.165) is 18.2 Å². The van der Waals surface area contributed by atoms with Crippen molar-refractivity contribution in [1.82, 2.24) is 0 Å². The predicted molar refractivity (Wildman–Crippen MR) is 66.2 cm³/mol. The van der Waals surface area contributed by atoms with Crippen molar-refractivity contribution in [2.75, 3.05) is 0 Å². The number of ketones is 1. The van der Waals surface area contributed by atoms with Gasteiger partial charge in [0, 0.05) is 5.56 Å². The van der Waals surface area contributed by atoms with Gasteiger partial charge in [-0.05, 0) is 24.3 Å². The number of hydrogen-bond donors (Lipinski definition) is 0. The monoisotopic (exact) mass is 320 g/mol. The van der Waals surface area contributed by atoms with Crippen molar-refractivity contribution in [1.29, 1.82) is 0 Å². The van der Waals surface area contributed by atoms with Crippen molar-refractivity contribution >= 4 is 17.4 Å². The van der Waals surface area contributed by atoms with E-state index in [-0.39, 0.29) is 0 Å². The van der Waals surface area contributed by atoms with E-state index in [4.69, 9.17) is 11.6 Å². The molecule has 2 aromatic rings. The lowest BCUT2D eigenvalue weighted by Crippen LogP contribution is -2.09. The Morgan fingerprint density at radius 2 is 1.67 bits per heavy atom. The minimum atomic E-state index is -4.64. The Hall–Kier alpha value is -1.95. The van der Waals surface area contributed by atoms with Crippen molar-refractivity contribution in [3.63, 3.8) is 0 Å². The average molecular weight is 321 g/mol. The maximum atomic E-state index is 13.6. The Kier molecular flexibility index (Phi) is 4.00. The minimum Gasteiger partial charge on any atom is -0.288 e. The Labute approximate surface area is 121 Å². The van der Waals surface area contributed by atoms with Gasteiger partial charge in [0.25, 0.3) is 0 Å². The van der Waals surface area contributed by atoms with Gasteiger partial charge in [0.05, 0.1) is 16.1 Å².